The number of nitrogens with zero attached hydrogens (tertiary/aromatic N) is 1. The Balaban J connectivity index is 2.18. The van der Waals surface area contributed by atoms with Crippen molar-refractivity contribution in [3.05, 3.63) is 0 Å². The summed E-state index contributed by atoms with van der Waals surface area (Å²) in [6, 6.07) is -0.351. The number of thioether (sulfide) groups is 1. The molecule has 0 aromatic heterocycles. The van der Waals surface area contributed by atoms with E-state index in [0.717, 1.165) is 37.4 Å². The number of urea groups is 1. The normalized spacial score (nSPS) is 15.0. The van der Waals surface area contributed by atoms with Gasteiger partial charge in [0.05, 0.1) is 11.5 Å². The van der Waals surface area contributed by atoms with Crippen LogP contribution in [0.5, 0.6) is 0 Å². The summed E-state index contributed by atoms with van der Waals surface area (Å²) >= 11 is 1.16. The summed E-state index contributed by atoms with van der Waals surface area (Å²) in [7, 11) is 1.81. The number of ether oxygens (including phenoxy) is 1. The molecule has 1 saturated carbocycles. The van der Waals surface area contributed by atoms with Crippen LogP contribution in [0.1, 0.15) is 52.9 Å². The molecule has 0 aromatic carbocycles. The molecule has 0 aromatic rings. The Morgan fingerprint density at radius 1 is 1.07 bits per heavy atom. The summed E-state index contributed by atoms with van der Waals surface area (Å²) in [5.74, 6) is -1.13. The van der Waals surface area contributed by atoms with Crippen molar-refractivity contribution in [2.75, 3.05) is 25.2 Å². The molecule has 0 unspecified atom stereocenters. The fraction of sp³-hybridized carbons (Fsp3) is 0.778. The van der Waals surface area contributed by atoms with Crippen molar-refractivity contribution in [2.24, 2.45) is 0 Å². The molecule has 1 aliphatic carbocycles. The van der Waals surface area contributed by atoms with Gasteiger partial charge in [-0.15, -0.1) is 11.8 Å². The second-order valence-corrected chi connectivity index (χ2v) is 8.69. The Kier molecular flexibility index (Phi) is 9.62. The van der Waals surface area contributed by atoms with Crippen molar-refractivity contribution < 1.29 is 23.9 Å². The molecule has 1 fully saturated rings. The highest BCUT2D eigenvalue weighted by molar-refractivity contribution is 8.00. The van der Waals surface area contributed by atoms with Gasteiger partial charge in [0.1, 0.15) is 0 Å². The quantitative estimate of drug-likeness (QED) is 0.629. The third kappa shape index (κ3) is 10.2. The Morgan fingerprint density at radius 3 is 2.30 bits per heavy atom. The van der Waals surface area contributed by atoms with E-state index in [1.165, 1.54) is 6.42 Å². The van der Waals surface area contributed by atoms with Gasteiger partial charge in [0.15, 0.2) is 6.61 Å². The second kappa shape index (κ2) is 11.2. The molecule has 2 N–H and O–H groups in total. The van der Waals surface area contributed by atoms with Crippen molar-refractivity contribution in [1.29, 1.82) is 0 Å². The lowest BCUT2D eigenvalue weighted by Gasteiger charge is -2.31. The summed E-state index contributed by atoms with van der Waals surface area (Å²) < 4.78 is 4.82. The van der Waals surface area contributed by atoms with Gasteiger partial charge in [-0.3, -0.25) is 19.7 Å². The topological polar surface area (TPSA) is 105 Å². The van der Waals surface area contributed by atoms with Gasteiger partial charge in [0.2, 0.25) is 5.91 Å². The molecular weight excluding hydrogens is 370 g/mol. The Bertz CT molecular complexity index is 542. The minimum atomic E-state index is -0.705. The Hall–Kier alpha value is -1.77. The van der Waals surface area contributed by atoms with E-state index in [1.807, 2.05) is 7.05 Å². The van der Waals surface area contributed by atoms with Gasteiger partial charge >= 0.3 is 12.0 Å². The van der Waals surface area contributed by atoms with Crippen LogP contribution < -0.4 is 10.6 Å². The fourth-order valence-electron chi connectivity index (χ4n) is 2.72. The van der Waals surface area contributed by atoms with Crippen LogP contribution in [-0.4, -0.2) is 65.5 Å². The number of hydrogen-bond acceptors (Lipinski definition) is 6. The number of imide groups is 1. The van der Waals surface area contributed by atoms with Gasteiger partial charge < -0.3 is 15.0 Å². The molecule has 8 nitrogen and oxygen atoms in total. The molecule has 9 heteroatoms. The third-order valence-electron chi connectivity index (χ3n) is 4.07. The zero-order chi connectivity index (χ0) is 20.4. The summed E-state index contributed by atoms with van der Waals surface area (Å²) in [6.07, 6.45) is 5.60. The monoisotopic (exact) mass is 401 g/mol. The maximum absolute atomic E-state index is 12.2. The van der Waals surface area contributed by atoms with E-state index in [1.54, 1.807) is 25.7 Å². The molecule has 1 rings (SSSR count). The van der Waals surface area contributed by atoms with E-state index in [9.17, 15) is 19.2 Å². The van der Waals surface area contributed by atoms with Crippen LogP contribution in [0.15, 0.2) is 0 Å². The maximum Gasteiger partial charge on any atom is 0.321 e. The molecule has 0 bridgehead atoms. The maximum atomic E-state index is 12.2. The van der Waals surface area contributed by atoms with Crippen LogP contribution in [0.3, 0.4) is 0 Å². The van der Waals surface area contributed by atoms with Crippen molar-refractivity contribution in [1.82, 2.24) is 15.5 Å². The first-order chi connectivity index (χ1) is 12.6. The van der Waals surface area contributed by atoms with E-state index in [-0.39, 0.29) is 17.4 Å². The van der Waals surface area contributed by atoms with Crippen LogP contribution in [0, 0.1) is 0 Å². The van der Waals surface area contributed by atoms with Crippen molar-refractivity contribution in [3.63, 3.8) is 0 Å². The second-order valence-electron chi connectivity index (χ2n) is 7.70. The highest BCUT2D eigenvalue weighted by Crippen LogP contribution is 2.22. The largest absolute Gasteiger partial charge is 0.455 e. The predicted octanol–water partition coefficient (Wildman–Crippen LogP) is 1.68. The molecular formula is C18H31N3O5S. The molecule has 0 atom stereocenters. The molecule has 154 valence electrons. The summed E-state index contributed by atoms with van der Waals surface area (Å²) in [5, 5.41) is 4.65. The van der Waals surface area contributed by atoms with Crippen LogP contribution in [0.4, 0.5) is 4.79 Å². The zero-order valence-electron chi connectivity index (χ0n) is 16.6. The molecule has 4 amide bonds. The average Bonchev–Trinajstić information content (AvgIpc) is 2.58. The van der Waals surface area contributed by atoms with Gasteiger partial charge in [-0.25, -0.2) is 4.79 Å². The summed E-state index contributed by atoms with van der Waals surface area (Å²) in [5.41, 5.74) is -0.477. The Labute approximate surface area is 165 Å². The van der Waals surface area contributed by atoms with E-state index < -0.39 is 30.1 Å². The van der Waals surface area contributed by atoms with Crippen LogP contribution in [0.25, 0.3) is 0 Å². The third-order valence-corrected chi connectivity index (χ3v) is 4.96. The van der Waals surface area contributed by atoms with Crippen LogP contribution >= 0.6 is 11.8 Å². The number of rotatable bonds is 7. The van der Waals surface area contributed by atoms with E-state index in [2.05, 4.69) is 10.6 Å². The van der Waals surface area contributed by atoms with E-state index in [4.69, 9.17) is 4.74 Å². The first-order valence-corrected chi connectivity index (χ1v) is 10.3. The van der Waals surface area contributed by atoms with Crippen LogP contribution in [0.2, 0.25) is 0 Å². The molecule has 0 radical (unpaired) electrons. The minimum absolute atomic E-state index is 0.00343. The first-order valence-electron chi connectivity index (χ1n) is 9.19. The highest BCUT2D eigenvalue weighted by atomic mass is 32.2. The van der Waals surface area contributed by atoms with E-state index in [0.29, 0.717) is 6.04 Å². The predicted molar refractivity (Wildman–Crippen MR) is 104 cm³/mol. The SMILES string of the molecule is CN(C(=O)CSCC(=O)OCC(=O)NC(=O)NC(C)(C)C)C1CCCCC1. The van der Waals surface area contributed by atoms with Crippen molar-refractivity contribution in [2.45, 2.75) is 64.5 Å². The van der Waals surface area contributed by atoms with Crippen LogP contribution in [-0.2, 0) is 19.1 Å². The van der Waals surface area contributed by atoms with Gasteiger partial charge in [-0.05, 0) is 33.6 Å². The lowest BCUT2D eigenvalue weighted by molar-refractivity contribution is -0.145. The Morgan fingerprint density at radius 2 is 1.70 bits per heavy atom. The number of amides is 4. The highest BCUT2D eigenvalue weighted by Gasteiger charge is 2.22. The standard InChI is InChI=1S/C18H31N3O5S/c1-18(2,3)20-17(25)19-14(22)10-26-16(24)12-27-11-15(23)21(4)13-8-6-5-7-9-13/h13H,5-12H2,1-4H3,(H2,19,20,22,25). The number of carbonyl (C=O) groups excluding carboxylic acids is 4. The minimum Gasteiger partial charge on any atom is -0.455 e. The van der Waals surface area contributed by atoms with Gasteiger partial charge in [-0.1, -0.05) is 19.3 Å². The number of esters is 1. The van der Waals surface area contributed by atoms with Crippen molar-refractivity contribution in [3.8, 4) is 0 Å². The number of hydrogen-bond donors (Lipinski definition) is 2. The average molecular weight is 402 g/mol. The molecule has 0 aliphatic heterocycles. The van der Waals surface area contributed by atoms with Gasteiger partial charge in [-0.2, -0.15) is 0 Å². The molecule has 1 aliphatic rings. The lowest BCUT2D eigenvalue weighted by Crippen LogP contribution is -2.49. The number of nitrogens with one attached hydrogen (secondary N) is 2. The molecule has 0 spiro atoms. The smallest absolute Gasteiger partial charge is 0.321 e. The van der Waals surface area contributed by atoms with Gasteiger partial charge in [0.25, 0.3) is 5.91 Å². The fourth-order valence-corrected chi connectivity index (χ4v) is 3.45. The van der Waals surface area contributed by atoms with E-state index >= 15 is 0 Å². The zero-order valence-corrected chi connectivity index (χ0v) is 17.4. The first kappa shape index (κ1) is 23.3. The summed E-state index contributed by atoms with van der Waals surface area (Å²) in [6.45, 7) is 4.80. The lowest BCUT2D eigenvalue weighted by atomic mass is 9.94. The molecule has 0 heterocycles. The van der Waals surface area contributed by atoms with Gasteiger partial charge in [0, 0.05) is 18.6 Å². The molecule has 27 heavy (non-hydrogen) atoms. The summed E-state index contributed by atoms with van der Waals surface area (Å²) in [4.78, 5) is 48.7. The number of carbonyl (C=O) groups is 4. The van der Waals surface area contributed by atoms with Crippen molar-refractivity contribution >= 4 is 35.6 Å². The molecule has 0 saturated heterocycles.